The summed E-state index contributed by atoms with van der Waals surface area (Å²) in [6.45, 7) is 0. The number of rotatable bonds is 2. The van der Waals surface area contributed by atoms with Crippen LogP contribution < -0.4 is 16.0 Å². The van der Waals surface area contributed by atoms with Crippen LogP contribution in [0.4, 0.5) is 10.2 Å². The van der Waals surface area contributed by atoms with Crippen LogP contribution in [0.25, 0.3) is 5.57 Å². The van der Waals surface area contributed by atoms with E-state index in [4.69, 9.17) is 0 Å². The van der Waals surface area contributed by atoms with E-state index < -0.39 is 5.82 Å². The van der Waals surface area contributed by atoms with Crippen molar-refractivity contribution in [3.8, 4) is 0 Å². The number of hydrogen-bond donors (Lipinski definition) is 3. The van der Waals surface area contributed by atoms with Gasteiger partial charge < -0.3 is 16.0 Å². The van der Waals surface area contributed by atoms with Crippen LogP contribution in [0.5, 0.6) is 0 Å². The van der Waals surface area contributed by atoms with E-state index in [9.17, 15) is 4.39 Å². The lowest BCUT2D eigenvalue weighted by Gasteiger charge is -2.17. The number of anilines is 1. The summed E-state index contributed by atoms with van der Waals surface area (Å²) in [5.74, 6) is 0.239. The molecule has 0 saturated heterocycles. The van der Waals surface area contributed by atoms with Crippen LogP contribution in [-0.4, -0.2) is 23.2 Å². The van der Waals surface area contributed by atoms with E-state index in [1.165, 1.54) is 6.20 Å². The van der Waals surface area contributed by atoms with Gasteiger partial charge in [0.05, 0.1) is 6.20 Å². The molecule has 18 heavy (non-hydrogen) atoms. The van der Waals surface area contributed by atoms with Crippen LogP contribution in [0.15, 0.2) is 36.3 Å². The molecule has 1 atom stereocenters. The summed E-state index contributed by atoms with van der Waals surface area (Å²) >= 11 is 0. The highest BCUT2D eigenvalue weighted by Crippen LogP contribution is 2.28. The third kappa shape index (κ3) is 1.62. The van der Waals surface area contributed by atoms with Crippen LogP contribution >= 0.6 is 0 Å². The summed E-state index contributed by atoms with van der Waals surface area (Å²) in [6.07, 6.45) is 8.81. The minimum Gasteiger partial charge on any atom is -0.371 e. The summed E-state index contributed by atoms with van der Waals surface area (Å²) in [7, 11) is 1.63. The number of allylic oxidation sites excluding steroid dienone is 2. The normalized spacial score (nSPS) is 20.4. The van der Waals surface area contributed by atoms with E-state index in [0.29, 0.717) is 5.82 Å². The smallest absolute Gasteiger partial charge is 0.183 e. The molecule has 1 aromatic rings. The third-order valence-corrected chi connectivity index (χ3v) is 2.87. The topological polar surface area (TPSA) is 61.9 Å². The lowest BCUT2D eigenvalue weighted by atomic mass is 10.0. The molecule has 0 amide bonds. The van der Waals surface area contributed by atoms with Crippen molar-refractivity contribution in [1.29, 1.82) is 0 Å². The van der Waals surface area contributed by atoms with Crippen molar-refractivity contribution < 1.29 is 4.39 Å². The molecule has 1 aromatic heterocycles. The van der Waals surface area contributed by atoms with Gasteiger partial charge in [0, 0.05) is 24.4 Å². The SMILES string of the molecule is CNc1nc(C2=CNC3NC=CC=C23)ncc1F. The monoisotopic (exact) mass is 245 g/mol. The molecule has 1 unspecified atom stereocenters. The summed E-state index contributed by atoms with van der Waals surface area (Å²) in [5, 5.41) is 9.04. The number of aromatic nitrogens is 2. The lowest BCUT2D eigenvalue weighted by Crippen LogP contribution is -2.35. The highest BCUT2D eigenvalue weighted by atomic mass is 19.1. The summed E-state index contributed by atoms with van der Waals surface area (Å²) in [6, 6.07) is 0. The lowest BCUT2D eigenvalue weighted by molar-refractivity contribution is 0.617. The van der Waals surface area contributed by atoms with Gasteiger partial charge in [0.2, 0.25) is 0 Å². The van der Waals surface area contributed by atoms with Crippen molar-refractivity contribution >= 4 is 11.4 Å². The molecule has 3 N–H and O–H groups in total. The molecular weight excluding hydrogens is 233 g/mol. The van der Waals surface area contributed by atoms with Crippen molar-refractivity contribution in [2.24, 2.45) is 0 Å². The van der Waals surface area contributed by atoms with E-state index in [-0.39, 0.29) is 12.0 Å². The van der Waals surface area contributed by atoms with Gasteiger partial charge in [-0.3, -0.25) is 0 Å². The van der Waals surface area contributed by atoms with Crippen molar-refractivity contribution in [2.45, 2.75) is 6.17 Å². The van der Waals surface area contributed by atoms with Crippen molar-refractivity contribution in [2.75, 3.05) is 12.4 Å². The zero-order valence-electron chi connectivity index (χ0n) is 9.74. The molecule has 0 saturated carbocycles. The van der Waals surface area contributed by atoms with Gasteiger partial charge in [-0.25, -0.2) is 14.4 Å². The largest absolute Gasteiger partial charge is 0.371 e. The Morgan fingerprint density at radius 1 is 1.39 bits per heavy atom. The number of halogens is 1. The Kier molecular flexibility index (Phi) is 2.47. The number of nitrogens with zero attached hydrogens (tertiary/aromatic N) is 2. The molecule has 0 radical (unpaired) electrons. The Labute approximate surface area is 104 Å². The molecule has 2 aliphatic heterocycles. The standard InChI is InChI=1S/C12H12FN5/c1-14-12-9(13)6-17-11(18-12)8-5-16-10-7(8)3-2-4-15-10/h2-6,10,15-16H,1H3,(H,14,17,18). The molecule has 0 spiro atoms. The molecule has 2 aliphatic rings. The maximum absolute atomic E-state index is 13.3. The number of nitrogens with one attached hydrogen (secondary N) is 3. The van der Waals surface area contributed by atoms with Gasteiger partial charge in [0.15, 0.2) is 17.5 Å². The molecule has 6 heteroatoms. The quantitative estimate of drug-likeness (QED) is 0.724. The Morgan fingerprint density at radius 2 is 2.28 bits per heavy atom. The predicted octanol–water partition coefficient (Wildman–Crippen LogP) is 0.971. The molecular formula is C12H12FN5. The molecule has 0 bridgehead atoms. The second-order valence-electron chi connectivity index (χ2n) is 3.95. The highest BCUT2D eigenvalue weighted by molar-refractivity contribution is 5.80. The fraction of sp³-hybridized carbons (Fsp3) is 0.167. The van der Waals surface area contributed by atoms with E-state index in [1.54, 1.807) is 7.05 Å². The molecule has 0 fully saturated rings. The zero-order chi connectivity index (χ0) is 12.5. The fourth-order valence-corrected chi connectivity index (χ4v) is 1.99. The molecule has 3 heterocycles. The van der Waals surface area contributed by atoms with Crippen LogP contribution in [0.2, 0.25) is 0 Å². The number of hydrogen-bond acceptors (Lipinski definition) is 5. The average Bonchev–Trinajstić information content (AvgIpc) is 2.83. The molecule has 0 aliphatic carbocycles. The van der Waals surface area contributed by atoms with Crippen LogP contribution in [0, 0.1) is 5.82 Å². The second kappa shape index (κ2) is 4.14. The first-order valence-corrected chi connectivity index (χ1v) is 5.59. The van der Waals surface area contributed by atoms with Crippen molar-refractivity contribution in [3.63, 3.8) is 0 Å². The van der Waals surface area contributed by atoms with Crippen LogP contribution in [-0.2, 0) is 0 Å². The Hall–Kier alpha value is -2.37. The third-order valence-electron chi connectivity index (χ3n) is 2.87. The van der Waals surface area contributed by atoms with E-state index in [1.807, 2.05) is 24.6 Å². The first-order chi connectivity index (χ1) is 8.79. The Balaban J connectivity index is 2.00. The molecule has 5 nitrogen and oxygen atoms in total. The van der Waals surface area contributed by atoms with E-state index in [2.05, 4.69) is 25.9 Å². The Morgan fingerprint density at radius 3 is 3.11 bits per heavy atom. The first kappa shape index (κ1) is 10.8. The minimum absolute atomic E-state index is 0.0386. The summed E-state index contributed by atoms with van der Waals surface area (Å²) < 4.78 is 13.3. The van der Waals surface area contributed by atoms with Gasteiger partial charge >= 0.3 is 0 Å². The maximum atomic E-state index is 13.3. The fourth-order valence-electron chi connectivity index (χ4n) is 1.99. The summed E-state index contributed by atoms with van der Waals surface area (Å²) in [5.41, 5.74) is 1.92. The highest BCUT2D eigenvalue weighted by Gasteiger charge is 2.26. The minimum atomic E-state index is -0.458. The van der Waals surface area contributed by atoms with Crippen LogP contribution in [0.1, 0.15) is 5.82 Å². The van der Waals surface area contributed by atoms with Gasteiger partial charge in [0.1, 0.15) is 6.17 Å². The molecule has 92 valence electrons. The van der Waals surface area contributed by atoms with E-state index in [0.717, 1.165) is 11.1 Å². The number of dihydropyridines is 1. The van der Waals surface area contributed by atoms with Gasteiger partial charge in [0.25, 0.3) is 0 Å². The van der Waals surface area contributed by atoms with Crippen LogP contribution in [0.3, 0.4) is 0 Å². The van der Waals surface area contributed by atoms with Crippen molar-refractivity contribution in [3.05, 3.63) is 48.0 Å². The molecule has 3 rings (SSSR count). The number of fused-ring (bicyclic) bond motifs is 1. The van der Waals surface area contributed by atoms with Gasteiger partial charge in [-0.1, -0.05) is 6.08 Å². The second-order valence-corrected chi connectivity index (χ2v) is 3.95. The van der Waals surface area contributed by atoms with Gasteiger partial charge in [-0.05, 0) is 12.3 Å². The Bertz CT molecular complexity index is 576. The zero-order valence-corrected chi connectivity index (χ0v) is 9.74. The van der Waals surface area contributed by atoms with E-state index >= 15 is 0 Å². The predicted molar refractivity (Wildman–Crippen MR) is 66.8 cm³/mol. The van der Waals surface area contributed by atoms with Gasteiger partial charge in [-0.15, -0.1) is 0 Å². The summed E-state index contributed by atoms with van der Waals surface area (Å²) in [4.78, 5) is 8.20. The average molecular weight is 245 g/mol. The van der Waals surface area contributed by atoms with Crippen molar-refractivity contribution in [1.82, 2.24) is 20.6 Å². The maximum Gasteiger partial charge on any atom is 0.183 e. The first-order valence-electron chi connectivity index (χ1n) is 5.59. The van der Waals surface area contributed by atoms with Gasteiger partial charge in [-0.2, -0.15) is 0 Å². The molecule has 0 aromatic carbocycles.